The van der Waals surface area contributed by atoms with E-state index >= 15 is 0 Å². The summed E-state index contributed by atoms with van der Waals surface area (Å²) >= 11 is 2.17. The highest BCUT2D eigenvalue weighted by molar-refractivity contribution is 14.1. The van der Waals surface area contributed by atoms with E-state index in [1.165, 1.54) is 0 Å². The number of piperidine rings is 1. The van der Waals surface area contributed by atoms with E-state index in [1.807, 2.05) is 25.2 Å². The van der Waals surface area contributed by atoms with Gasteiger partial charge in [0.1, 0.15) is 0 Å². The normalized spacial score (nSPS) is 20.8. The molecule has 20 heavy (non-hydrogen) atoms. The molecule has 1 aromatic rings. The summed E-state index contributed by atoms with van der Waals surface area (Å²) in [6.07, 6.45) is 2.00. The summed E-state index contributed by atoms with van der Waals surface area (Å²) in [5.74, 6) is 0.390. The van der Waals surface area contributed by atoms with Crippen molar-refractivity contribution in [2.24, 2.45) is 5.92 Å². The first-order valence-electron chi connectivity index (χ1n) is 6.69. The summed E-state index contributed by atoms with van der Waals surface area (Å²) in [7, 11) is -1.55. The van der Waals surface area contributed by atoms with Crippen molar-refractivity contribution in [3.8, 4) is 0 Å². The molecule has 1 atom stereocenters. The number of benzene rings is 1. The molecule has 0 aromatic heterocycles. The number of nitrogens with one attached hydrogen (secondary N) is 2. The smallest absolute Gasteiger partial charge is 0.301 e. The van der Waals surface area contributed by atoms with Gasteiger partial charge in [0.15, 0.2) is 0 Å². The van der Waals surface area contributed by atoms with Crippen molar-refractivity contribution in [1.82, 2.24) is 9.62 Å². The second kappa shape index (κ2) is 7.06. The molecular formula is C13H20IN3O2S. The molecule has 0 bridgehead atoms. The van der Waals surface area contributed by atoms with Crippen LogP contribution in [0.15, 0.2) is 24.3 Å². The number of rotatable bonds is 5. The first kappa shape index (κ1) is 16.0. The van der Waals surface area contributed by atoms with Crippen LogP contribution in [0.1, 0.15) is 12.8 Å². The van der Waals surface area contributed by atoms with E-state index in [9.17, 15) is 8.42 Å². The minimum Gasteiger partial charge on any atom is -0.319 e. The van der Waals surface area contributed by atoms with Crippen molar-refractivity contribution in [2.45, 2.75) is 12.8 Å². The zero-order valence-corrected chi connectivity index (χ0v) is 14.4. The van der Waals surface area contributed by atoms with Crippen molar-refractivity contribution in [1.29, 1.82) is 0 Å². The van der Waals surface area contributed by atoms with E-state index in [4.69, 9.17) is 0 Å². The van der Waals surface area contributed by atoms with E-state index in [-0.39, 0.29) is 0 Å². The van der Waals surface area contributed by atoms with E-state index in [0.717, 1.165) is 23.0 Å². The van der Waals surface area contributed by atoms with Crippen LogP contribution in [0.5, 0.6) is 0 Å². The van der Waals surface area contributed by atoms with Crippen molar-refractivity contribution in [3.63, 3.8) is 0 Å². The molecule has 1 aromatic carbocycles. The number of nitrogens with zero attached hydrogens (tertiary/aromatic N) is 1. The molecule has 0 spiro atoms. The SMILES string of the molecule is CNCC1CCCN(S(=O)(=O)Nc2cccc(I)c2)C1. The van der Waals surface area contributed by atoms with Crippen molar-refractivity contribution >= 4 is 38.5 Å². The van der Waals surface area contributed by atoms with Crippen molar-refractivity contribution < 1.29 is 8.42 Å². The van der Waals surface area contributed by atoms with Crippen molar-refractivity contribution in [3.05, 3.63) is 27.8 Å². The second-order valence-electron chi connectivity index (χ2n) is 5.04. The number of hydrogen-bond acceptors (Lipinski definition) is 3. The van der Waals surface area contributed by atoms with Gasteiger partial charge in [0.05, 0.1) is 5.69 Å². The molecule has 1 aliphatic rings. The molecule has 1 unspecified atom stereocenters. The maximum Gasteiger partial charge on any atom is 0.301 e. The van der Waals surface area contributed by atoms with Crippen LogP contribution in [0.25, 0.3) is 0 Å². The first-order valence-corrected chi connectivity index (χ1v) is 9.21. The Bertz CT molecular complexity index is 548. The third-order valence-electron chi connectivity index (χ3n) is 3.39. The molecule has 112 valence electrons. The van der Waals surface area contributed by atoms with Crippen LogP contribution in [0.2, 0.25) is 0 Å². The van der Waals surface area contributed by atoms with Gasteiger partial charge >= 0.3 is 10.2 Å². The molecule has 0 radical (unpaired) electrons. The highest BCUT2D eigenvalue weighted by Gasteiger charge is 2.28. The topological polar surface area (TPSA) is 61.4 Å². The molecule has 0 amide bonds. The minimum absolute atomic E-state index is 0.390. The third kappa shape index (κ3) is 4.31. The molecule has 0 aliphatic carbocycles. The summed E-state index contributed by atoms with van der Waals surface area (Å²) in [6.45, 7) is 2.04. The molecule has 2 rings (SSSR count). The van der Waals surface area contributed by atoms with Gasteiger partial charge in [-0.2, -0.15) is 12.7 Å². The van der Waals surface area contributed by atoms with Gasteiger partial charge in [-0.05, 0) is 73.1 Å². The lowest BCUT2D eigenvalue weighted by Gasteiger charge is -2.31. The van der Waals surface area contributed by atoms with Crippen molar-refractivity contribution in [2.75, 3.05) is 31.4 Å². The van der Waals surface area contributed by atoms with E-state index in [0.29, 0.717) is 24.7 Å². The second-order valence-corrected chi connectivity index (χ2v) is 7.96. The zero-order chi connectivity index (χ0) is 14.6. The van der Waals surface area contributed by atoms with Gasteiger partial charge in [0, 0.05) is 16.7 Å². The van der Waals surface area contributed by atoms with Gasteiger partial charge in [0.2, 0.25) is 0 Å². The Labute approximate surface area is 134 Å². The predicted molar refractivity (Wildman–Crippen MR) is 89.9 cm³/mol. The van der Waals surface area contributed by atoms with Crippen LogP contribution in [0, 0.1) is 9.49 Å². The molecule has 5 nitrogen and oxygen atoms in total. The van der Waals surface area contributed by atoms with Gasteiger partial charge < -0.3 is 5.32 Å². The Kier molecular flexibility index (Phi) is 5.65. The highest BCUT2D eigenvalue weighted by Crippen LogP contribution is 2.21. The van der Waals surface area contributed by atoms with Gasteiger partial charge in [-0.3, -0.25) is 4.72 Å². The molecule has 1 fully saturated rings. The predicted octanol–water partition coefficient (Wildman–Crippen LogP) is 1.88. The fourth-order valence-corrected chi connectivity index (χ4v) is 4.34. The zero-order valence-electron chi connectivity index (χ0n) is 11.5. The van der Waals surface area contributed by atoms with Gasteiger partial charge in [-0.15, -0.1) is 0 Å². The van der Waals surface area contributed by atoms with Crippen LogP contribution in [-0.4, -0.2) is 39.4 Å². The molecular weight excluding hydrogens is 389 g/mol. The lowest BCUT2D eigenvalue weighted by Crippen LogP contribution is -2.44. The number of anilines is 1. The number of halogens is 1. The van der Waals surface area contributed by atoms with E-state index < -0.39 is 10.2 Å². The third-order valence-corrected chi connectivity index (χ3v) is 5.56. The van der Waals surface area contributed by atoms with E-state index in [1.54, 1.807) is 10.4 Å². The fourth-order valence-electron chi connectivity index (χ4n) is 2.47. The van der Waals surface area contributed by atoms with E-state index in [2.05, 4.69) is 32.6 Å². The molecule has 2 N–H and O–H groups in total. The fraction of sp³-hybridized carbons (Fsp3) is 0.538. The molecule has 0 saturated carbocycles. The lowest BCUT2D eigenvalue weighted by molar-refractivity contribution is 0.264. The lowest BCUT2D eigenvalue weighted by atomic mass is 10.00. The quantitative estimate of drug-likeness (QED) is 0.731. The standard InChI is InChI=1S/C13H20IN3O2S/c1-15-9-11-4-3-7-17(10-11)20(18,19)16-13-6-2-5-12(14)8-13/h2,5-6,8,11,15-16H,3-4,7,9-10H2,1H3. The molecule has 1 saturated heterocycles. The van der Waals surface area contributed by atoms with Crippen LogP contribution >= 0.6 is 22.6 Å². The summed E-state index contributed by atoms with van der Waals surface area (Å²) in [6, 6.07) is 7.38. The first-order chi connectivity index (χ1) is 9.51. The monoisotopic (exact) mass is 409 g/mol. The summed E-state index contributed by atoms with van der Waals surface area (Å²) in [5, 5.41) is 3.12. The maximum atomic E-state index is 12.4. The van der Waals surface area contributed by atoms with Gasteiger partial charge in [-0.25, -0.2) is 0 Å². The minimum atomic E-state index is -3.45. The van der Waals surface area contributed by atoms with Crippen LogP contribution in [0.4, 0.5) is 5.69 Å². The summed E-state index contributed by atoms with van der Waals surface area (Å²) < 4.78 is 30.0. The number of hydrogen-bond donors (Lipinski definition) is 2. The Morgan fingerprint density at radius 2 is 2.25 bits per heavy atom. The molecule has 1 aliphatic heterocycles. The van der Waals surface area contributed by atoms with Crippen LogP contribution in [-0.2, 0) is 10.2 Å². The highest BCUT2D eigenvalue weighted by atomic mass is 127. The largest absolute Gasteiger partial charge is 0.319 e. The Balaban J connectivity index is 2.06. The Morgan fingerprint density at radius 3 is 2.95 bits per heavy atom. The maximum absolute atomic E-state index is 12.4. The van der Waals surface area contributed by atoms with Crippen LogP contribution < -0.4 is 10.0 Å². The average molecular weight is 409 g/mol. The Hall–Kier alpha value is -0.380. The van der Waals surface area contributed by atoms with Gasteiger partial charge in [0.25, 0.3) is 0 Å². The van der Waals surface area contributed by atoms with Crippen LogP contribution in [0.3, 0.4) is 0 Å². The average Bonchev–Trinajstić information content (AvgIpc) is 2.39. The summed E-state index contributed by atoms with van der Waals surface area (Å²) in [4.78, 5) is 0. The van der Waals surface area contributed by atoms with Gasteiger partial charge in [-0.1, -0.05) is 6.07 Å². The molecule has 1 heterocycles. The Morgan fingerprint density at radius 1 is 1.45 bits per heavy atom. The molecule has 7 heteroatoms. The summed E-state index contributed by atoms with van der Waals surface area (Å²) in [5.41, 5.74) is 0.618.